The van der Waals surface area contributed by atoms with Crippen LogP contribution in [0, 0.1) is 6.92 Å². The van der Waals surface area contributed by atoms with Crippen molar-refractivity contribution in [2.24, 2.45) is 0 Å². The summed E-state index contributed by atoms with van der Waals surface area (Å²) in [7, 11) is -3.79. The zero-order valence-electron chi connectivity index (χ0n) is 16.3. The normalized spacial score (nSPS) is 22.4. The minimum Gasteiger partial charge on any atom is -0.466 e. The van der Waals surface area contributed by atoms with E-state index in [-0.39, 0.29) is 36.3 Å². The van der Waals surface area contributed by atoms with E-state index in [1.54, 1.807) is 12.1 Å². The van der Waals surface area contributed by atoms with Crippen LogP contribution in [0.1, 0.15) is 45.6 Å². The number of aryl methyl sites for hydroxylation is 1. The highest BCUT2D eigenvalue weighted by molar-refractivity contribution is 7.86. The van der Waals surface area contributed by atoms with E-state index in [0.29, 0.717) is 19.3 Å². The fourth-order valence-electron chi connectivity index (χ4n) is 2.97. The molecule has 0 unspecified atom stereocenters. The molecule has 1 heterocycles. The Hall–Kier alpha value is -1.48. The Morgan fingerprint density at radius 1 is 1.11 bits per heavy atom. The molecule has 0 bridgehead atoms. The van der Waals surface area contributed by atoms with Crippen LogP contribution in [0.15, 0.2) is 29.2 Å². The van der Waals surface area contributed by atoms with Gasteiger partial charge in [-0.2, -0.15) is 8.42 Å². The summed E-state index contributed by atoms with van der Waals surface area (Å²) in [4.78, 5) is 11.0. The molecule has 1 fully saturated rings. The fourth-order valence-corrected chi connectivity index (χ4v) is 3.89. The predicted octanol–water partition coefficient (Wildman–Crippen LogP) is 2.95. The Kier molecular flexibility index (Phi) is 7.39. The van der Waals surface area contributed by atoms with E-state index >= 15 is 0 Å². The largest absolute Gasteiger partial charge is 0.466 e. The third kappa shape index (κ3) is 7.21. The van der Waals surface area contributed by atoms with E-state index in [1.165, 1.54) is 19.1 Å². The topological polar surface area (TPSA) is 88.1 Å². The second-order valence-corrected chi connectivity index (χ2v) is 8.74. The van der Waals surface area contributed by atoms with Gasteiger partial charge < -0.3 is 14.2 Å². The lowest BCUT2D eigenvalue weighted by Gasteiger charge is -2.40. The summed E-state index contributed by atoms with van der Waals surface area (Å²) >= 11 is 0. The zero-order valence-corrected chi connectivity index (χ0v) is 17.1. The monoisotopic (exact) mass is 400 g/mol. The van der Waals surface area contributed by atoms with Gasteiger partial charge in [-0.25, -0.2) is 0 Å². The molecular weight excluding hydrogens is 372 g/mol. The van der Waals surface area contributed by atoms with E-state index in [2.05, 4.69) is 0 Å². The molecule has 1 aliphatic rings. The van der Waals surface area contributed by atoms with E-state index in [1.807, 2.05) is 20.8 Å². The summed E-state index contributed by atoms with van der Waals surface area (Å²) in [6.07, 6.45) is 1.22. The van der Waals surface area contributed by atoms with Gasteiger partial charge in [0, 0.05) is 19.8 Å². The van der Waals surface area contributed by atoms with Gasteiger partial charge in [-0.15, -0.1) is 0 Å². The second-order valence-electron chi connectivity index (χ2n) is 7.12. The molecule has 1 aromatic rings. The van der Waals surface area contributed by atoms with Crippen molar-refractivity contribution in [2.75, 3.05) is 13.2 Å². The highest BCUT2D eigenvalue weighted by atomic mass is 32.2. The lowest BCUT2D eigenvalue weighted by atomic mass is 10.0. The maximum absolute atomic E-state index is 12.2. The third-order valence-corrected chi connectivity index (χ3v) is 5.49. The number of rotatable bonds is 8. The zero-order chi connectivity index (χ0) is 20.1. The molecule has 0 saturated carbocycles. The van der Waals surface area contributed by atoms with Gasteiger partial charge in [0.2, 0.25) is 0 Å². The van der Waals surface area contributed by atoms with Crippen LogP contribution in [0.2, 0.25) is 0 Å². The Balaban J connectivity index is 1.86. The minimum absolute atomic E-state index is 0.0215. The number of ether oxygens (including phenoxy) is 3. The number of hydrogen-bond acceptors (Lipinski definition) is 7. The fraction of sp³-hybridized carbons (Fsp3) is 0.632. The quantitative estimate of drug-likeness (QED) is 0.490. The molecule has 27 heavy (non-hydrogen) atoms. The van der Waals surface area contributed by atoms with Crippen LogP contribution in [0.3, 0.4) is 0 Å². The summed E-state index contributed by atoms with van der Waals surface area (Å²) in [5.74, 6) is -1.12. The lowest BCUT2D eigenvalue weighted by molar-refractivity contribution is -0.302. The van der Waals surface area contributed by atoms with Crippen molar-refractivity contribution in [1.29, 1.82) is 0 Å². The van der Waals surface area contributed by atoms with Gasteiger partial charge in [0.25, 0.3) is 10.1 Å². The van der Waals surface area contributed by atoms with Crippen molar-refractivity contribution in [3.8, 4) is 0 Å². The van der Waals surface area contributed by atoms with Crippen LogP contribution in [0.4, 0.5) is 0 Å². The van der Waals surface area contributed by atoms with Crippen molar-refractivity contribution < 1.29 is 31.6 Å². The van der Waals surface area contributed by atoms with Crippen LogP contribution in [0.5, 0.6) is 0 Å². The second kappa shape index (κ2) is 9.14. The number of benzene rings is 1. The number of esters is 1. The molecule has 0 radical (unpaired) electrons. The van der Waals surface area contributed by atoms with Crippen molar-refractivity contribution >= 4 is 16.1 Å². The molecule has 1 aliphatic heterocycles. The Morgan fingerprint density at radius 2 is 1.67 bits per heavy atom. The molecule has 2 rings (SSSR count). The van der Waals surface area contributed by atoms with E-state index in [0.717, 1.165) is 5.56 Å². The first kappa shape index (κ1) is 21.8. The molecule has 1 aromatic carbocycles. The molecule has 2 atom stereocenters. The summed E-state index contributed by atoms with van der Waals surface area (Å²) in [6.45, 7) is 7.17. The van der Waals surface area contributed by atoms with Crippen molar-refractivity contribution in [2.45, 2.75) is 69.8 Å². The third-order valence-electron chi connectivity index (χ3n) is 4.16. The highest BCUT2D eigenvalue weighted by Crippen LogP contribution is 2.30. The molecule has 1 saturated heterocycles. The van der Waals surface area contributed by atoms with Crippen LogP contribution in [-0.4, -0.2) is 45.6 Å². The van der Waals surface area contributed by atoms with E-state index in [9.17, 15) is 13.2 Å². The first-order valence-corrected chi connectivity index (χ1v) is 10.4. The summed E-state index contributed by atoms with van der Waals surface area (Å²) < 4.78 is 46.3. The average molecular weight is 400 g/mol. The molecule has 152 valence electrons. The van der Waals surface area contributed by atoms with Crippen LogP contribution >= 0.6 is 0 Å². The molecule has 0 N–H and O–H groups in total. The van der Waals surface area contributed by atoms with Crippen molar-refractivity contribution in [1.82, 2.24) is 0 Å². The SMILES string of the molecule is CC(=O)OCC[C@H]1C[C@@H](CCOS(=O)(=O)c2ccc(C)cc2)OC(C)(C)O1. The minimum atomic E-state index is -3.79. The first-order chi connectivity index (χ1) is 12.6. The molecule has 0 amide bonds. The molecule has 0 aliphatic carbocycles. The summed E-state index contributed by atoms with van der Waals surface area (Å²) in [5, 5.41) is 0. The van der Waals surface area contributed by atoms with Gasteiger partial charge in [0.05, 0.1) is 30.3 Å². The molecule has 0 spiro atoms. The standard InChI is InChI=1S/C19H28O7S/c1-14-5-7-18(8-6-14)27(21,22)24-12-10-17-13-16(9-11-23-15(2)20)25-19(3,4)26-17/h5-8,16-17H,9-13H2,1-4H3/t16-,17+/m0/s1. The average Bonchev–Trinajstić information content (AvgIpc) is 2.53. The highest BCUT2D eigenvalue weighted by Gasteiger charge is 2.35. The lowest BCUT2D eigenvalue weighted by Crippen LogP contribution is -2.45. The van der Waals surface area contributed by atoms with Crippen molar-refractivity contribution in [3.63, 3.8) is 0 Å². The van der Waals surface area contributed by atoms with Crippen LogP contribution in [-0.2, 0) is 33.3 Å². The molecular formula is C19H28O7S. The van der Waals surface area contributed by atoms with Crippen molar-refractivity contribution in [3.05, 3.63) is 29.8 Å². The van der Waals surface area contributed by atoms with Gasteiger partial charge in [0.1, 0.15) is 0 Å². The van der Waals surface area contributed by atoms with E-state index < -0.39 is 15.9 Å². The summed E-state index contributed by atoms with van der Waals surface area (Å²) in [6, 6.07) is 6.52. The van der Waals surface area contributed by atoms with Crippen LogP contribution < -0.4 is 0 Å². The smallest absolute Gasteiger partial charge is 0.302 e. The molecule has 7 nitrogen and oxygen atoms in total. The predicted molar refractivity (Wildman–Crippen MR) is 98.6 cm³/mol. The number of carbonyl (C=O) groups is 1. The Labute approximate surface area is 161 Å². The van der Waals surface area contributed by atoms with Crippen LogP contribution in [0.25, 0.3) is 0 Å². The maximum atomic E-state index is 12.2. The maximum Gasteiger partial charge on any atom is 0.302 e. The first-order valence-electron chi connectivity index (χ1n) is 9.02. The Morgan fingerprint density at radius 3 is 2.22 bits per heavy atom. The van der Waals surface area contributed by atoms with Gasteiger partial charge in [-0.3, -0.25) is 8.98 Å². The van der Waals surface area contributed by atoms with Gasteiger partial charge in [-0.1, -0.05) is 17.7 Å². The summed E-state index contributed by atoms with van der Waals surface area (Å²) in [5.41, 5.74) is 0.978. The molecule has 8 heteroatoms. The number of carbonyl (C=O) groups excluding carboxylic acids is 1. The Bertz CT molecular complexity index is 725. The van der Waals surface area contributed by atoms with E-state index in [4.69, 9.17) is 18.4 Å². The molecule has 0 aromatic heterocycles. The van der Waals surface area contributed by atoms with Gasteiger partial charge >= 0.3 is 5.97 Å². The number of hydrogen-bond donors (Lipinski definition) is 0. The van der Waals surface area contributed by atoms with Gasteiger partial charge in [-0.05, 0) is 39.3 Å². The van der Waals surface area contributed by atoms with Gasteiger partial charge in [0.15, 0.2) is 5.79 Å².